The molecule has 2 rings (SSSR count). The Balaban J connectivity index is 2.00. The molecule has 1 N–H and O–H groups in total. The highest BCUT2D eigenvalue weighted by atomic mass is 32.2. The molecule has 1 unspecified atom stereocenters. The molecule has 33 heavy (non-hydrogen) atoms. The van der Waals surface area contributed by atoms with Crippen molar-refractivity contribution in [2.45, 2.75) is 31.2 Å². The predicted octanol–water partition coefficient (Wildman–Crippen LogP) is 1.99. The average molecular weight is 498 g/mol. The summed E-state index contributed by atoms with van der Waals surface area (Å²) in [6, 6.07) is 12.0. The number of hydrogen-bond acceptors (Lipinski definition) is 6. The van der Waals surface area contributed by atoms with Crippen molar-refractivity contribution in [2.75, 3.05) is 37.8 Å². The van der Waals surface area contributed by atoms with Gasteiger partial charge >= 0.3 is 0 Å². The van der Waals surface area contributed by atoms with E-state index in [1.54, 1.807) is 31.2 Å². The number of ether oxygens (including phenoxy) is 1. The first-order valence-corrected chi connectivity index (χ1v) is 13.7. The van der Waals surface area contributed by atoms with E-state index in [9.17, 15) is 21.6 Å². The summed E-state index contributed by atoms with van der Waals surface area (Å²) in [5.41, 5.74) is 1.41. The van der Waals surface area contributed by atoms with Crippen LogP contribution >= 0.6 is 0 Å². The quantitative estimate of drug-likeness (QED) is 0.475. The molecule has 0 saturated heterocycles. The lowest BCUT2D eigenvalue weighted by atomic mass is 10.1. The van der Waals surface area contributed by atoms with Gasteiger partial charge in [0.15, 0.2) is 0 Å². The van der Waals surface area contributed by atoms with Crippen LogP contribution in [0, 0.1) is 6.92 Å². The molecule has 0 saturated carbocycles. The molecule has 182 valence electrons. The highest BCUT2D eigenvalue weighted by molar-refractivity contribution is 7.92. The number of anilines is 1. The standard InChI is InChI=1S/C22H31N3O6S2/c1-6-21(25(32(5,27)28)18-9-7-17(2)8-10-18)22(26)23-15-16-31-19-11-13-20(14-12-19)33(29,30)24(3)4/h7-14,21H,6,15-16H2,1-5H3,(H,23,26). The fourth-order valence-electron chi connectivity index (χ4n) is 3.13. The second kappa shape index (κ2) is 11.0. The van der Waals surface area contributed by atoms with E-state index >= 15 is 0 Å². The molecule has 0 heterocycles. The summed E-state index contributed by atoms with van der Waals surface area (Å²) in [4.78, 5) is 12.9. The van der Waals surface area contributed by atoms with E-state index in [0.29, 0.717) is 11.4 Å². The van der Waals surface area contributed by atoms with Crippen molar-refractivity contribution in [3.8, 4) is 5.75 Å². The molecule has 2 aromatic rings. The van der Waals surface area contributed by atoms with Gasteiger partial charge in [0, 0.05) is 14.1 Å². The molecular weight excluding hydrogens is 466 g/mol. The topological polar surface area (TPSA) is 113 Å². The van der Waals surface area contributed by atoms with Crippen LogP contribution in [0.1, 0.15) is 18.9 Å². The number of carbonyl (C=O) groups is 1. The monoisotopic (exact) mass is 497 g/mol. The number of aryl methyl sites for hydroxylation is 1. The molecule has 0 radical (unpaired) electrons. The Morgan fingerprint density at radius 2 is 1.58 bits per heavy atom. The first-order chi connectivity index (χ1) is 15.4. The maximum Gasteiger partial charge on any atom is 0.244 e. The van der Waals surface area contributed by atoms with Gasteiger partial charge in [-0.15, -0.1) is 0 Å². The van der Waals surface area contributed by atoms with Gasteiger partial charge in [0.1, 0.15) is 18.4 Å². The van der Waals surface area contributed by atoms with Gasteiger partial charge in [-0.3, -0.25) is 9.10 Å². The second-order valence-electron chi connectivity index (χ2n) is 7.72. The van der Waals surface area contributed by atoms with E-state index in [2.05, 4.69) is 5.32 Å². The third-order valence-electron chi connectivity index (χ3n) is 4.89. The number of benzene rings is 2. The summed E-state index contributed by atoms with van der Waals surface area (Å²) < 4.78 is 56.9. The Labute approximate surface area is 196 Å². The van der Waals surface area contributed by atoms with E-state index in [1.807, 2.05) is 6.92 Å². The van der Waals surface area contributed by atoms with Crippen LogP contribution in [-0.4, -0.2) is 66.6 Å². The Hall–Kier alpha value is -2.63. The van der Waals surface area contributed by atoms with Gasteiger partial charge in [-0.2, -0.15) is 0 Å². The van der Waals surface area contributed by atoms with Gasteiger partial charge in [-0.05, 0) is 49.7 Å². The lowest BCUT2D eigenvalue weighted by Crippen LogP contribution is -2.50. The summed E-state index contributed by atoms with van der Waals surface area (Å²) in [5.74, 6) is 0.0194. The second-order valence-corrected chi connectivity index (χ2v) is 11.7. The molecule has 0 aliphatic rings. The zero-order valence-corrected chi connectivity index (χ0v) is 21.1. The summed E-state index contributed by atoms with van der Waals surface area (Å²) >= 11 is 0. The largest absolute Gasteiger partial charge is 0.492 e. The predicted molar refractivity (Wildman–Crippen MR) is 128 cm³/mol. The smallest absolute Gasteiger partial charge is 0.244 e. The zero-order valence-electron chi connectivity index (χ0n) is 19.5. The molecule has 11 heteroatoms. The molecule has 0 aliphatic carbocycles. The lowest BCUT2D eigenvalue weighted by Gasteiger charge is -2.30. The fraction of sp³-hybridized carbons (Fsp3) is 0.409. The van der Waals surface area contributed by atoms with Gasteiger partial charge in [-0.1, -0.05) is 24.6 Å². The van der Waals surface area contributed by atoms with Crippen LogP contribution in [0.3, 0.4) is 0 Å². The number of hydrogen-bond donors (Lipinski definition) is 1. The maximum atomic E-state index is 12.8. The third kappa shape index (κ3) is 6.92. The Morgan fingerprint density at radius 1 is 1.00 bits per heavy atom. The van der Waals surface area contributed by atoms with E-state index in [4.69, 9.17) is 4.74 Å². The minimum absolute atomic E-state index is 0.130. The third-order valence-corrected chi connectivity index (χ3v) is 7.90. The minimum Gasteiger partial charge on any atom is -0.492 e. The molecule has 0 aliphatic heterocycles. The molecule has 1 amide bonds. The van der Waals surface area contributed by atoms with Gasteiger partial charge in [0.05, 0.1) is 23.4 Å². The van der Waals surface area contributed by atoms with Crippen molar-refractivity contribution >= 4 is 31.6 Å². The number of sulfonamides is 2. The minimum atomic E-state index is -3.69. The fourth-order valence-corrected chi connectivity index (χ4v) is 5.24. The van der Waals surface area contributed by atoms with Crippen LogP contribution < -0.4 is 14.4 Å². The van der Waals surface area contributed by atoms with Gasteiger partial charge in [0.25, 0.3) is 0 Å². The molecule has 0 aromatic heterocycles. The number of rotatable bonds is 11. The highest BCUT2D eigenvalue weighted by Crippen LogP contribution is 2.23. The van der Waals surface area contributed by atoms with Crippen LogP contribution in [0.2, 0.25) is 0 Å². The molecule has 0 bridgehead atoms. The van der Waals surface area contributed by atoms with E-state index in [-0.39, 0.29) is 24.5 Å². The van der Waals surface area contributed by atoms with Crippen LogP contribution in [0.5, 0.6) is 5.75 Å². The first-order valence-electron chi connectivity index (χ1n) is 10.4. The maximum absolute atomic E-state index is 12.8. The van der Waals surface area contributed by atoms with Crippen molar-refractivity contribution in [3.63, 3.8) is 0 Å². The average Bonchev–Trinajstić information content (AvgIpc) is 2.75. The number of amides is 1. The summed E-state index contributed by atoms with van der Waals surface area (Å²) in [7, 11) is -4.31. The molecule has 0 spiro atoms. The van der Waals surface area contributed by atoms with Gasteiger partial charge in [-0.25, -0.2) is 21.1 Å². The van der Waals surface area contributed by atoms with Gasteiger partial charge in [0.2, 0.25) is 26.0 Å². The summed E-state index contributed by atoms with van der Waals surface area (Å²) in [6.07, 6.45) is 1.36. The molecule has 2 aromatic carbocycles. The van der Waals surface area contributed by atoms with E-state index in [0.717, 1.165) is 20.4 Å². The van der Waals surface area contributed by atoms with Crippen LogP contribution in [-0.2, 0) is 24.8 Å². The normalized spacial score (nSPS) is 12.9. The van der Waals surface area contributed by atoms with Crippen molar-refractivity contribution in [1.82, 2.24) is 9.62 Å². The Kier molecular flexibility index (Phi) is 8.87. The summed E-state index contributed by atoms with van der Waals surface area (Å²) in [6.45, 7) is 3.92. The molecule has 9 nitrogen and oxygen atoms in total. The van der Waals surface area contributed by atoms with Crippen molar-refractivity contribution in [3.05, 3.63) is 54.1 Å². The van der Waals surface area contributed by atoms with E-state index < -0.39 is 32.0 Å². The van der Waals surface area contributed by atoms with Crippen molar-refractivity contribution in [2.24, 2.45) is 0 Å². The van der Waals surface area contributed by atoms with Crippen molar-refractivity contribution in [1.29, 1.82) is 0 Å². The molecular formula is C22H31N3O6S2. The van der Waals surface area contributed by atoms with Crippen LogP contribution in [0.4, 0.5) is 5.69 Å². The van der Waals surface area contributed by atoms with Gasteiger partial charge < -0.3 is 10.1 Å². The van der Waals surface area contributed by atoms with Crippen molar-refractivity contribution < 1.29 is 26.4 Å². The summed E-state index contributed by atoms with van der Waals surface area (Å²) in [5, 5.41) is 2.72. The van der Waals surface area contributed by atoms with E-state index in [1.165, 1.54) is 38.4 Å². The van der Waals surface area contributed by atoms with Crippen LogP contribution in [0.15, 0.2) is 53.4 Å². The number of carbonyl (C=O) groups excluding carboxylic acids is 1. The Morgan fingerprint density at radius 3 is 2.06 bits per heavy atom. The Bertz CT molecular complexity index is 1150. The number of nitrogens with zero attached hydrogens (tertiary/aromatic N) is 2. The number of nitrogens with one attached hydrogen (secondary N) is 1. The molecule has 0 fully saturated rings. The highest BCUT2D eigenvalue weighted by Gasteiger charge is 2.31. The SMILES string of the molecule is CCC(C(=O)NCCOc1ccc(S(=O)(=O)N(C)C)cc1)N(c1ccc(C)cc1)S(C)(=O)=O. The van der Waals surface area contributed by atoms with Crippen LogP contribution in [0.25, 0.3) is 0 Å². The first kappa shape index (κ1) is 26.6. The molecule has 1 atom stereocenters. The zero-order chi connectivity index (χ0) is 24.8. The lowest BCUT2D eigenvalue weighted by molar-refractivity contribution is -0.122.